The number of aliphatic hydroxyl groups is 1. The number of hydrogen-bond donors (Lipinski definition) is 3. The quantitative estimate of drug-likeness (QED) is 0.0222. The second kappa shape index (κ2) is 71.3. The van der Waals surface area contributed by atoms with Crippen molar-refractivity contribution in [2.45, 2.75) is 439 Å². The molecule has 0 bridgehead atoms. The lowest BCUT2D eigenvalue weighted by molar-refractivity contribution is -0.161. The SMILES string of the molecule is CCCCCCCCCCCCCCC(=O)OC[C@H](COP(=O)(O)OC[C@H](O)COP(=O)(O)OC[C@@H](COC(=O)CCCCCCCCCCCCCCCCC(C)CC)OC(=O)CCCCCCCCCCCCCCCCC(C)CC)OC(=O)CCCCCCCCCCC(C)CC. The van der Waals surface area contributed by atoms with Crippen LogP contribution in [0.2, 0.25) is 0 Å². The molecule has 0 heterocycles. The lowest BCUT2D eigenvalue weighted by atomic mass is 9.99. The first-order valence-corrected chi connectivity index (χ1v) is 45.0. The van der Waals surface area contributed by atoms with Crippen molar-refractivity contribution in [3.8, 4) is 0 Å². The first-order chi connectivity index (χ1) is 48.3. The Bertz CT molecular complexity index is 1950. The number of hydrogen-bond acceptors (Lipinski definition) is 15. The van der Waals surface area contributed by atoms with Crippen molar-refractivity contribution in [1.82, 2.24) is 0 Å². The van der Waals surface area contributed by atoms with Gasteiger partial charge in [0.25, 0.3) is 0 Å². The van der Waals surface area contributed by atoms with Gasteiger partial charge in [0, 0.05) is 25.7 Å². The van der Waals surface area contributed by atoms with Crippen LogP contribution < -0.4 is 0 Å². The monoisotopic (exact) mass is 1470 g/mol. The maximum absolute atomic E-state index is 13.1. The number of ether oxygens (including phenoxy) is 4. The largest absolute Gasteiger partial charge is 0.472 e. The molecule has 0 fully saturated rings. The molecule has 0 aromatic heterocycles. The van der Waals surface area contributed by atoms with Crippen molar-refractivity contribution in [2.24, 2.45) is 17.8 Å². The van der Waals surface area contributed by atoms with Crippen molar-refractivity contribution in [1.29, 1.82) is 0 Å². The Morgan fingerprint density at radius 3 is 0.710 bits per heavy atom. The van der Waals surface area contributed by atoms with E-state index < -0.39 is 97.5 Å². The highest BCUT2D eigenvalue weighted by Gasteiger charge is 2.30. The van der Waals surface area contributed by atoms with Crippen molar-refractivity contribution in [3.05, 3.63) is 0 Å². The van der Waals surface area contributed by atoms with Crippen LogP contribution in [0.25, 0.3) is 0 Å². The molecule has 100 heavy (non-hydrogen) atoms. The Kier molecular flexibility index (Phi) is 69.9. The van der Waals surface area contributed by atoms with E-state index in [1.54, 1.807) is 0 Å². The third-order valence-electron chi connectivity index (χ3n) is 20.0. The number of carbonyl (C=O) groups is 4. The van der Waals surface area contributed by atoms with Gasteiger partial charge in [-0.15, -0.1) is 0 Å². The summed E-state index contributed by atoms with van der Waals surface area (Å²) < 4.78 is 68.7. The Labute approximate surface area is 613 Å². The summed E-state index contributed by atoms with van der Waals surface area (Å²) in [7, 11) is -9.92. The van der Waals surface area contributed by atoms with Crippen LogP contribution in [0.1, 0.15) is 421 Å². The smallest absolute Gasteiger partial charge is 0.462 e. The molecule has 0 saturated heterocycles. The molecule has 19 heteroatoms. The average Bonchev–Trinajstić information content (AvgIpc) is 0.936. The van der Waals surface area contributed by atoms with Crippen LogP contribution in [0.4, 0.5) is 0 Å². The van der Waals surface area contributed by atoms with Crippen molar-refractivity contribution in [3.63, 3.8) is 0 Å². The molecular weight excluding hydrogens is 1310 g/mol. The van der Waals surface area contributed by atoms with Crippen LogP contribution in [0.5, 0.6) is 0 Å². The minimum atomic E-state index is -4.96. The molecule has 0 rings (SSSR count). The van der Waals surface area contributed by atoms with Gasteiger partial charge in [0.1, 0.15) is 19.3 Å². The number of aliphatic hydroxyl groups excluding tert-OH is 1. The number of phosphoric ester groups is 2. The zero-order chi connectivity index (χ0) is 73.7. The van der Waals surface area contributed by atoms with E-state index >= 15 is 0 Å². The van der Waals surface area contributed by atoms with Gasteiger partial charge >= 0.3 is 39.5 Å². The third-order valence-corrected chi connectivity index (χ3v) is 21.9. The predicted octanol–water partition coefficient (Wildman–Crippen LogP) is 24.1. The molecule has 0 spiro atoms. The molecule has 594 valence electrons. The summed E-state index contributed by atoms with van der Waals surface area (Å²) in [6.07, 6.45) is 59.4. The Hall–Kier alpha value is -1.94. The predicted molar refractivity (Wildman–Crippen MR) is 409 cm³/mol. The Morgan fingerprint density at radius 1 is 0.280 bits per heavy atom. The van der Waals surface area contributed by atoms with Gasteiger partial charge in [-0.3, -0.25) is 37.3 Å². The van der Waals surface area contributed by atoms with Crippen LogP contribution in [0.15, 0.2) is 0 Å². The topological polar surface area (TPSA) is 237 Å². The second-order valence-electron chi connectivity index (χ2n) is 29.9. The highest BCUT2D eigenvalue weighted by Crippen LogP contribution is 2.45. The van der Waals surface area contributed by atoms with E-state index in [1.807, 2.05) is 0 Å². The van der Waals surface area contributed by atoms with Crippen LogP contribution in [0.3, 0.4) is 0 Å². The number of rotatable bonds is 79. The molecule has 0 aromatic carbocycles. The highest BCUT2D eigenvalue weighted by atomic mass is 31.2. The standard InChI is InChI=1S/C81H158O17P2/c1-8-12-13-14-15-16-17-28-33-41-48-55-62-78(83)92-69-77(98-81(86)65-58-51-44-37-36-40-47-54-61-74(7)11-4)71-96-100(89,90)94-67-75(82)66-93-99(87,88)95-70-76(97-80(85)64-57-50-43-35-30-25-21-19-23-27-32-39-46-53-60-73(6)10-3)68-91-79(84)63-56-49-42-34-29-24-20-18-22-26-31-38-45-52-59-72(5)9-2/h72-77,82H,8-71H2,1-7H3,(H,87,88)(H,89,90)/t72?,73?,74?,75-,76-,77-/m1/s1. The first-order valence-electron chi connectivity index (χ1n) is 42.0. The molecule has 3 N–H and O–H groups in total. The van der Waals surface area contributed by atoms with Gasteiger partial charge in [-0.2, -0.15) is 0 Å². The summed E-state index contributed by atoms with van der Waals surface area (Å²) >= 11 is 0. The van der Waals surface area contributed by atoms with E-state index in [9.17, 15) is 43.2 Å². The molecule has 0 amide bonds. The van der Waals surface area contributed by atoms with Crippen LogP contribution in [0, 0.1) is 17.8 Å². The van der Waals surface area contributed by atoms with Gasteiger partial charge in [0.15, 0.2) is 12.2 Å². The maximum atomic E-state index is 13.1. The number of phosphoric acid groups is 2. The van der Waals surface area contributed by atoms with E-state index in [0.717, 1.165) is 108 Å². The fourth-order valence-electron chi connectivity index (χ4n) is 12.4. The van der Waals surface area contributed by atoms with E-state index in [2.05, 4.69) is 48.5 Å². The molecule has 8 atom stereocenters. The van der Waals surface area contributed by atoms with Crippen molar-refractivity contribution in [2.75, 3.05) is 39.6 Å². The van der Waals surface area contributed by atoms with Gasteiger partial charge in [0.05, 0.1) is 26.4 Å². The molecule has 0 aliphatic carbocycles. The lowest BCUT2D eigenvalue weighted by Gasteiger charge is -2.21. The van der Waals surface area contributed by atoms with Crippen molar-refractivity contribution < 1.29 is 80.2 Å². The summed E-state index contributed by atoms with van der Waals surface area (Å²) in [5.74, 6) is 0.355. The Balaban J connectivity index is 5.26. The number of carbonyl (C=O) groups excluding carboxylic acids is 4. The van der Waals surface area contributed by atoms with E-state index in [-0.39, 0.29) is 25.7 Å². The first kappa shape index (κ1) is 98.1. The van der Waals surface area contributed by atoms with Crippen LogP contribution >= 0.6 is 15.6 Å². The summed E-state index contributed by atoms with van der Waals surface area (Å²) in [6.45, 7) is 12.0. The zero-order valence-electron chi connectivity index (χ0n) is 65.7. The second-order valence-corrected chi connectivity index (χ2v) is 32.8. The minimum Gasteiger partial charge on any atom is -0.462 e. The van der Waals surface area contributed by atoms with Gasteiger partial charge in [-0.25, -0.2) is 9.13 Å². The summed E-state index contributed by atoms with van der Waals surface area (Å²) in [6, 6.07) is 0. The number of unbranched alkanes of at least 4 members (excludes halogenated alkanes) is 44. The van der Waals surface area contributed by atoms with Crippen LogP contribution in [-0.4, -0.2) is 96.7 Å². The van der Waals surface area contributed by atoms with Crippen molar-refractivity contribution >= 4 is 39.5 Å². The zero-order valence-corrected chi connectivity index (χ0v) is 67.5. The normalized spacial score (nSPS) is 14.8. The fourth-order valence-corrected chi connectivity index (χ4v) is 14.0. The van der Waals surface area contributed by atoms with Crippen LogP contribution in [-0.2, 0) is 65.4 Å². The molecule has 0 aliphatic rings. The molecule has 5 unspecified atom stereocenters. The van der Waals surface area contributed by atoms with Gasteiger partial charge in [-0.1, -0.05) is 370 Å². The number of esters is 4. The fraction of sp³-hybridized carbons (Fsp3) is 0.951. The highest BCUT2D eigenvalue weighted by molar-refractivity contribution is 7.47. The molecule has 0 saturated carbocycles. The third kappa shape index (κ3) is 70.4. The average molecular weight is 1470 g/mol. The maximum Gasteiger partial charge on any atom is 0.472 e. The van der Waals surface area contributed by atoms with E-state index in [4.69, 9.17) is 37.0 Å². The van der Waals surface area contributed by atoms with E-state index in [1.165, 1.54) is 231 Å². The van der Waals surface area contributed by atoms with E-state index in [0.29, 0.717) is 25.7 Å². The molecule has 17 nitrogen and oxygen atoms in total. The molecule has 0 aliphatic heterocycles. The van der Waals surface area contributed by atoms with Gasteiger partial charge < -0.3 is 33.8 Å². The summed E-state index contributed by atoms with van der Waals surface area (Å²) in [4.78, 5) is 73.0. The molecule has 0 radical (unpaired) electrons. The Morgan fingerprint density at radius 2 is 0.480 bits per heavy atom. The van der Waals surface area contributed by atoms with Gasteiger partial charge in [-0.05, 0) is 43.4 Å². The summed E-state index contributed by atoms with van der Waals surface area (Å²) in [5.41, 5.74) is 0. The lowest BCUT2D eigenvalue weighted by Crippen LogP contribution is -2.30. The van der Waals surface area contributed by atoms with Gasteiger partial charge in [0.2, 0.25) is 0 Å². The minimum absolute atomic E-state index is 0.105. The summed E-state index contributed by atoms with van der Waals surface area (Å²) in [5, 5.41) is 10.6. The molecular formula is C81H158O17P2. The molecule has 0 aromatic rings.